The van der Waals surface area contributed by atoms with E-state index >= 15 is 0 Å². The maximum absolute atomic E-state index is 13.3. The number of fused-ring (bicyclic) bond motifs is 3. The Morgan fingerprint density at radius 2 is 2.00 bits per heavy atom. The van der Waals surface area contributed by atoms with Gasteiger partial charge in [0.2, 0.25) is 0 Å². The number of nitrogens with one attached hydrogen (secondary N) is 1. The van der Waals surface area contributed by atoms with Crippen LogP contribution in [-0.2, 0) is 0 Å². The molecule has 1 amide bonds. The summed E-state index contributed by atoms with van der Waals surface area (Å²) >= 11 is 0. The number of aromatic nitrogens is 1. The quantitative estimate of drug-likeness (QED) is 0.638. The van der Waals surface area contributed by atoms with E-state index in [4.69, 9.17) is 5.73 Å². The number of aryl methyl sites for hydroxylation is 1. The summed E-state index contributed by atoms with van der Waals surface area (Å²) in [6, 6.07) is 11.3. The van der Waals surface area contributed by atoms with E-state index < -0.39 is 0 Å². The van der Waals surface area contributed by atoms with Crippen molar-refractivity contribution in [1.29, 1.82) is 0 Å². The fourth-order valence-corrected chi connectivity index (χ4v) is 4.11. The van der Waals surface area contributed by atoms with Gasteiger partial charge in [0.15, 0.2) is 0 Å². The van der Waals surface area contributed by atoms with E-state index in [1.54, 1.807) is 11.0 Å². The molecule has 1 aliphatic heterocycles. The first-order valence-corrected chi connectivity index (χ1v) is 9.51. The molecule has 0 fully saturated rings. The van der Waals surface area contributed by atoms with Crippen LogP contribution in [-0.4, -0.2) is 29.1 Å². The number of hydrogen-bond acceptors (Lipinski definition) is 3. The summed E-state index contributed by atoms with van der Waals surface area (Å²) in [5, 5.41) is 12.3. The van der Waals surface area contributed by atoms with E-state index in [0.717, 1.165) is 33.3 Å². The van der Waals surface area contributed by atoms with Crippen LogP contribution in [0.1, 0.15) is 47.1 Å². The Kier molecular flexibility index (Phi) is 4.47. The van der Waals surface area contributed by atoms with E-state index in [1.807, 2.05) is 51.1 Å². The number of anilines is 1. The highest BCUT2D eigenvalue weighted by atomic mass is 16.3. The van der Waals surface area contributed by atoms with Gasteiger partial charge in [-0.3, -0.25) is 4.79 Å². The molecule has 0 spiro atoms. The average molecular weight is 375 g/mol. The zero-order valence-corrected chi connectivity index (χ0v) is 16.4. The van der Waals surface area contributed by atoms with Gasteiger partial charge in [-0.05, 0) is 43.4 Å². The number of nitrogens with two attached hydrogens (primary N) is 1. The molecule has 2 heterocycles. The number of allylic oxidation sites excluding steroid dienone is 1. The van der Waals surface area contributed by atoms with Crippen LogP contribution in [0.2, 0.25) is 0 Å². The second-order valence-electron chi connectivity index (χ2n) is 7.71. The fraction of sp³-hybridized carbons (Fsp3) is 0.261. The first-order valence-electron chi connectivity index (χ1n) is 9.51. The topological polar surface area (TPSA) is 82.3 Å². The third-order valence-electron chi connectivity index (χ3n) is 5.40. The van der Waals surface area contributed by atoms with Gasteiger partial charge < -0.3 is 20.7 Å². The lowest BCUT2D eigenvalue weighted by atomic mass is 9.94. The molecule has 1 aliphatic rings. The number of aromatic amines is 1. The van der Waals surface area contributed by atoms with Crippen molar-refractivity contribution in [1.82, 2.24) is 4.98 Å². The van der Waals surface area contributed by atoms with Gasteiger partial charge >= 0.3 is 0 Å². The zero-order chi connectivity index (χ0) is 20.0. The molecule has 144 valence electrons. The van der Waals surface area contributed by atoms with Crippen LogP contribution < -0.4 is 10.6 Å². The molecule has 4 N–H and O–H groups in total. The third-order valence-corrected chi connectivity index (χ3v) is 5.40. The van der Waals surface area contributed by atoms with Crippen LogP contribution in [0.5, 0.6) is 5.75 Å². The molecule has 2 aromatic carbocycles. The van der Waals surface area contributed by atoms with Crippen molar-refractivity contribution in [3.8, 4) is 5.75 Å². The van der Waals surface area contributed by atoms with Crippen LogP contribution in [0.25, 0.3) is 16.8 Å². The Hall–Kier alpha value is -3.05. The minimum absolute atomic E-state index is 0.0396. The Balaban J connectivity index is 1.82. The lowest BCUT2D eigenvalue weighted by Crippen LogP contribution is -2.31. The molecule has 1 unspecified atom stereocenters. The van der Waals surface area contributed by atoms with Gasteiger partial charge in [0, 0.05) is 36.2 Å². The molecular weight excluding hydrogens is 350 g/mol. The second kappa shape index (κ2) is 6.84. The molecule has 0 saturated heterocycles. The summed E-state index contributed by atoms with van der Waals surface area (Å²) in [5.74, 6) is 0.110. The number of phenols is 1. The van der Waals surface area contributed by atoms with Gasteiger partial charge in [-0.25, -0.2) is 0 Å². The van der Waals surface area contributed by atoms with Crippen molar-refractivity contribution in [3.05, 3.63) is 64.5 Å². The summed E-state index contributed by atoms with van der Waals surface area (Å²) in [4.78, 5) is 18.3. The number of rotatable bonds is 3. The van der Waals surface area contributed by atoms with Gasteiger partial charge in [0.1, 0.15) is 11.4 Å². The monoisotopic (exact) mass is 375 g/mol. The summed E-state index contributed by atoms with van der Waals surface area (Å²) < 4.78 is 0. The van der Waals surface area contributed by atoms with Crippen molar-refractivity contribution < 1.29 is 9.90 Å². The number of carbonyl (C=O) groups excluding carboxylic acids is 1. The molecule has 0 saturated carbocycles. The van der Waals surface area contributed by atoms with Gasteiger partial charge in [-0.15, -0.1) is 0 Å². The highest BCUT2D eigenvalue weighted by Crippen LogP contribution is 2.44. The van der Waals surface area contributed by atoms with E-state index in [2.05, 4.69) is 11.1 Å². The average Bonchev–Trinajstić information content (AvgIpc) is 3.22. The Bertz CT molecular complexity index is 1110. The van der Waals surface area contributed by atoms with E-state index in [-0.39, 0.29) is 17.6 Å². The van der Waals surface area contributed by atoms with E-state index in [1.165, 1.54) is 5.57 Å². The molecule has 5 heteroatoms. The number of carbonyl (C=O) groups is 1. The van der Waals surface area contributed by atoms with E-state index in [0.29, 0.717) is 18.8 Å². The maximum Gasteiger partial charge on any atom is 0.274 e. The first-order chi connectivity index (χ1) is 13.4. The molecule has 1 aromatic heterocycles. The number of H-pyrrole nitrogens is 1. The summed E-state index contributed by atoms with van der Waals surface area (Å²) in [6.45, 7) is 6.98. The third kappa shape index (κ3) is 2.88. The van der Waals surface area contributed by atoms with Crippen molar-refractivity contribution in [2.75, 3.05) is 18.0 Å². The molecule has 0 aliphatic carbocycles. The van der Waals surface area contributed by atoms with Crippen molar-refractivity contribution >= 4 is 28.4 Å². The van der Waals surface area contributed by atoms with Crippen LogP contribution >= 0.6 is 0 Å². The lowest BCUT2D eigenvalue weighted by Gasteiger charge is -2.17. The zero-order valence-electron chi connectivity index (χ0n) is 16.4. The summed E-state index contributed by atoms with van der Waals surface area (Å²) in [6.07, 6.45) is 2.06. The number of phenolic OH excluding ortho intramolecular Hbond substituents is 1. The Morgan fingerprint density at radius 1 is 1.29 bits per heavy atom. The maximum atomic E-state index is 13.3. The largest absolute Gasteiger partial charge is 0.507 e. The SMILES string of the molecule is CC(C)=Cc1cc(C(=O)N2CC(CN)c3c2cc(O)c2ccccc32)[nH]c1C. The lowest BCUT2D eigenvalue weighted by molar-refractivity contribution is 0.0984. The predicted octanol–water partition coefficient (Wildman–Crippen LogP) is 4.31. The van der Waals surface area contributed by atoms with Crippen LogP contribution in [0.15, 0.2) is 42.0 Å². The van der Waals surface area contributed by atoms with Crippen LogP contribution in [0, 0.1) is 6.92 Å². The standard InChI is InChI=1S/C23H25N3O2/c1-13(2)8-15-9-19(25-14(15)3)23(28)26-12-16(11-24)22-18-7-5-4-6-17(18)21(27)10-20(22)26/h4-10,16,25,27H,11-12,24H2,1-3H3. The fourth-order valence-electron chi connectivity index (χ4n) is 4.11. The summed E-state index contributed by atoms with van der Waals surface area (Å²) in [5.41, 5.74) is 11.5. The second-order valence-corrected chi connectivity index (χ2v) is 7.71. The van der Waals surface area contributed by atoms with Crippen molar-refractivity contribution in [2.24, 2.45) is 5.73 Å². The minimum Gasteiger partial charge on any atom is -0.507 e. The smallest absolute Gasteiger partial charge is 0.274 e. The Labute approximate surface area is 164 Å². The van der Waals surface area contributed by atoms with E-state index in [9.17, 15) is 9.90 Å². The van der Waals surface area contributed by atoms with Gasteiger partial charge in [0.25, 0.3) is 5.91 Å². The molecule has 5 nitrogen and oxygen atoms in total. The molecule has 3 aromatic rings. The highest BCUT2D eigenvalue weighted by Gasteiger charge is 2.35. The number of hydrogen-bond donors (Lipinski definition) is 3. The Morgan fingerprint density at radius 3 is 2.68 bits per heavy atom. The van der Waals surface area contributed by atoms with Crippen LogP contribution in [0.3, 0.4) is 0 Å². The van der Waals surface area contributed by atoms with Gasteiger partial charge in [-0.1, -0.05) is 35.9 Å². The first kappa shape index (κ1) is 18.3. The molecule has 4 rings (SSSR count). The normalized spacial score (nSPS) is 15.7. The minimum atomic E-state index is -0.108. The molecule has 0 radical (unpaired) electrons. The summed E-state index contributed by atoms with van der Waals surface area (Å²) in [7, 11) is 0. The number of benzene rings is 2. The molecule has 28 heavy (non-hydrogen) atoms. The predicted molar refractivity (Wildman–Crippen MR) is 114 cm³/mol. The molecule has 0 bridgehead atoms. The van der Waals surface area contributed by atoms with Gasteiger partial charge in [-0.2, -0.15) is 0 Å². The van der Waals surface area contributed by atoms with Crippen molar-refractivity contribution in [2.45, 2.75) is 26.7 Å². The number of nitrogens with zero attached hydrogens (tertiary/aromatic N) is 1. The number of aromatic hydroxyl groups is 1. The van der Waals surface area contributed by atoms with Crippen molar-refractivity contribution in [3.63, 3.8) is 0 Å². The van der Waals surface area contributed by atoms with Crippen LogP contribution in [0.4, 0.5) is 5.69 Å². The number of amides is 1. The molecular formula is C23H25N3O2. The molecule has 1 atom stereocenters. The highest BCUT2D eigenvalue weighted by molar-refractivity contribution is 6.10. The van der Waals surface area contributed by atoms with Gasteiger partial charge in [0.05, 0.1) is 5.69 Å².